The number of rotatable bonds is 14. The Bertz CT molecular complexity index is 570. The second-order valence-corrected chi connectivity index (χ2v) is 13.1. The first-order valence-electron chi connectivity index (χ1n) is 11.7. The topological polar surface area (TPSA) is 63.2 Å². The molecular formula is C24H49NO3S. The smallest absolute Gasteiger partial charge is 0.239 e. The van der Waals surface area contributed by atoms with Crippen LogP contribution in [0.1, 0.15) is 126 Å². The Morgan fingerprint density at radius 3 is 1.52 bits per heavy atom. The Hall–Kier alpha value is -0.580. The summed E-state index contributed by atoms with van der Waals surface area (Å²) in [5.74, 6) is -0.336. The van der Waals surface area contributed by atoms with Crippen LogP contribution in [0.2, 0.25) is 0 Å². The largest absolute Gasteiger partial charge is 0.273 e. The molecule has 0 rings (SSSR count). The van der Waals surface area contributed by atoms with Gasteiger partial charge in [0.05, 0.1) is 11.2 Å². The molecule has 0 radical (unpaired) electrons. The van der Waals surface area contributed by atoms with Crippen molar-refractivity contribution in [3.05, 3.63) is 0 Å². The van der Waals surface area contributed by atoms with Crippen molar-refractivity contribution < 1.29 is 13.2 Å². The molecule has 0 bridgehead atoms. The van der Waals surface area contributed by atoms with Gasteiger partial charge in [0, 0.05) is 0 Å². The SMILES string of the molecule is CCCCCCCCCCCCS(=O)(=O)NC(=O)C(C)(CC(C)(C)C)C(C)(C)C. The van der Waals surface area contributed by atoms with Gasteiger partial charge in [-0.15, -0.1) is 0 Å². The summed E-state index contributed by atoms with van der Waals surface area (Å²) in [6.07, 6.45) is 12.2. The third-order valence-electron chi connectivity index (χ3n) is 6.06. The van der Waals surface area contributed by atoms with E-state index >= 15 is 0 Å². The van der Waals surface area contributed by atoms with Gasteiger partial charge in [-0.2, -0.15) is 0 Å². The second-order valence-electron chi connectivity index (χ2n) is 11.3. The number of carbonyl (C=O) groups is 1. The van der Waals surface area contributed by atoms with Crippen LogP contribution in [0.15, 0.2) is 0 Å². The highest BCUT2D eigenvalue weighted by Gasteiger charge is 2.47. The van der Waals surface area contributed by atoms with E-state index in [1.165, 1.54) is 44.9 Å². The summed E-state index contributed by atoms with van der Waals surface area (Å²) < 4.78 is 27.4. The molecule has 0 heterocycles. The molecule has 1 unspecified atom stereocenters. The maximum Gasteiger partial charge on any atom is 0.239 e. The highest BCUT2D eigenvalue weighted by Crippen LogP contribution is 2.46. The van der Waals surface area contributed by atoms with Crippen molar-refractivity contribution in [2.45, 2.75) is 126 Å². The average Bonchev–Trinajstić information content (AvgIpc) is 2.53. The lowest BCUT2D eigenvalue weighted by atomic mass is 9.61. The Morgan fingerprint density at radius 1 is 0.724 bits per heavy atom. The molecule has 5 heteroatoms. The number of hydrogen-bond acceptors (Lipinski definition) is 3. The van der Waals surface area contributed by atoms with Crippen LogP contribution in [0.4, 0.5) is 0 Å². The number of carbonyl (C=O) groups excluding carboxylic acids is 1. The molecular weight excluding hydrogens is 382 g/mol. The summed E-state index contributed by atoms with van der Waals surface area (Å²) in [5.41, 5.74) is -1.16. The van der Waals surface area contributed by atoms with E-state index in [9.17, 15) is 13.2 Å². The maximum absolute atomic E-state index is 13.0. The van der Waals surface area contributed by atoms with Gasteiger partial charge >= 0.3 is 0 Å². The van der Waals surface area contributed by atoms with Crippen LogP contribution < -0.4 is 4.72 Å². The Labute approximate surface area is 182 Å². The summed E-state index contributed by atoms with van der Waals surface area (Å²) in [7, 11) is -3.59. The first kappa shape index (κ1) is 28.4. The fourth-order valence-corrected chi connectivity index (χ4v) is 5.03. The molecule has 4 nitrogen and oxygen atoms in total. The van der Waals surface area contributed by atoms with E-state index in [2.05, 4.69) is 32.4 Å². The molecule has 0 aromatic rings. The summed E-state index contributed by atoms with van der Waals surface area (Å²) >= 11 is 0. The van der Waals surface area contributed by atoms with Crippen LogP contribution in [0.3, 0.4) is 0 Å². The number of sulfonamides is 1. The fourth-order valence-electron chi connectivity index (χ4n) is 3.83. The predicted octanol–water partition coefficient (Wildman–Crippen LogP) is 6.84. The molecule has 0 aromatic heterocycles. The summed E-state index contributed by atoms with van der Waals surface area (Å²) in [6, 6.07) is 0. The van der Waals surface area contributed by atoms with Crippen molar-refractivity contribution in [3.8, 4) is 0 Å². The van der Waals surface area contributed by atoms with Gasteiger partial charge in [0.25, 0.3) is 0 Å². The van der Waals surface area contributed by atoms with E-state index in [0.29, 0.717) is 12.8 Å². The van der Waals surface area contributed by atoms with E-state index < -0.39 is 15.4 Å². The first-order chi connectivity index (χ1) is 13.1. The normalized spacial score (nSPS) is 15.2. The van der Waals surface area contributed by atoms with Gasteiger partial charge in [0.1, 0.15) is 0 Å². The molecule has 1 atom stereocenters. The lowest BCUT2D eigenvalue weighted by Crippen LogP contribution is -2.51. The zero-order chi connectivity index (χ0) is 22.8. The van der Waals surface area contributed by atoms with Gasteiger partial charge in [0.2, 0.25) is 15.9 Å². The third kappa shape index (κ3) is 12.0. The third-order valence-corrected chi connectivity index (χ3v) is 7.38. The second kappa shape index (κ2) is 12.3. The van der Waals surface area contributed by atoms with Crippen LogP contribution in [0.5, 0.6) is 0 Å². The van der Waals surface area contributed by atoms with Crippen molar-refractivity contribution in [3.63, 3.8) is 0 Å². The monoisotopic (exact) mass is 431 g/mol. The van der Waals surface area contributed by atoms with Crippen LogP contribution in [-0.2, 0) is 14.8 Å². The van der Waals surface area contributed by atoms with Crippen molar-refractivity contribution >= 4 is 15.9 Å². The van der Waals surface area contributed by atoms with E-state index in [1.54, 1.807) is 0 Å². The predicted molar refractivity (Wildman–Crippen MR) is 125 cm³/mol. The van der Waals surface area contributed by atoms with E-state index in [1.807, 2.05) is 27.7 Å². The molecule has 1 N–H and O–H groups in total. The average molecular weight is 432 g/mol. The summed E-state index contributed by atoms with van der Waals surface area (Å²) in [6.45, 7) is 16.4. The van der Waals surface area contributed by atoms with E-state index in [0.717, 1.165) is 12.8 Å². The zero-order valence-electron chi connectivity index (χ0n) is 20.6. The van der Waals surface area contributed by atoms with Gasteiger partial charge in [-0.25, -0.2) is 8.42 Å². The lowest BCUT2D eigenvalue weighted by Gasteiger charge is -2.44. The van der Waals surface area contributed by atoms with Crippen molar-refractivity contribution in [1.82, 2.24) is 4.72 Å². The highest BCUT2D eigenvalue weighted by atomic mass is 32.2. The number of nitrogens with one attached hydrogen (secondary N) is 1. The molecule has 29 heavy (non-hydrogen) atoms. The van der Waals surface area contributed by atoms with Gasteiger partial charge < -0.3 is 0 Å². The number of unbranched alkanes of at least 4 members (excludes halogenated alkanes) is 9. The fraction of sp³-hybridized carbons (Fsp3) is 0.958. The van der Waals surface area contributed by atoms with Crippen LogP contribution >= 0.6 is 0 Å². The Kier molecular flexibility index (Phi) is 12.1. The Balaban J connectivity index is 4.45. The minimum Gasteiger partial charge on any atom is -0.273 e. The van der Waals surface area contributed by atoms with Crippen LogP contribution in [0.25, 0.3) is 0 Å². The molecule has 0 aliphatic rings. The minimum absolute atomic E-state index is 0.0327. The molecule has 1 amide bonds. The van der Waals surface area contributed by atoms with Crippen LogP contribution in [-0.4, -0.2) is 20.1 Å². The lowest BCUT2D eigenvalue weighted by molar-refractivity contribution is -0.136. The number of amides is 1. The standard InChI is InChI=1S/C24H49NO3S/c1-9-10-11-12-13-14-15-16-17-18-19-29(27,28)25-21(26)24(8,23(5,6)7)20-22(2,3)4/h9-20H2,1-8H3,(H,25,26). The molecule has 0 saturated carbocycles. The zero-order valence-corrected chi connectivity index (χ0v) is 21.4. The van der Waals surface area contributed by atoms with Crippen molar-refractivity contribution in [2.24, 2.45) is 16.2 Å². The van der Waals surface area contributed by atoms with Crippen molar-refractivity contribution in [2.75, 3.05) is 5.75 Å². The minimum atomic E-state index is -3.59. The quantitative estimate of drug-likeness (QED) is 0.306. The first-order valence-corrected chi connectivity index (χ1v) is 13.3. The summed E-state index contributed by atoms with van der Waals surface area (Å²) in [5, 5.41) is 0. The summed E-state index contributed by atoms with van der Waals surface area (Å²) in [4.78, 5) is 13.0. The molecule has 0 fully saturated rings. The maximum atomic E-state index is 13.0. The molecule has 0 aliphatic carbocycles. The van der Waals surface area contributed by atoms with E-state index in [4.69, 9.17) is 0 Å². The van der Waals surface area contributed by atoms with Crippen LogP contribution in [0, 0.1) is 16.2 Å². The van der Waals surface area contributed by atoms with Crippen molar-refractivity contribution in [1.29, 1.82) is 0 Å². The molecule has 174 valence electrons. The molecule has 0 aromatic carbocycles. The highest BCUT2D eigenvalue weighted by molar-refractivity contribution is 7.90. The Morgan fingerprint density at radius 2 is 1.14 bits per heavy atom. The van der Waals surface area contributed by atoms with Gasteiger partial charge in [-0.05, 0) is 23.7 Å². The van der Waals surface area contributed by atoms with Gasteiger partial charge in [0.15, 0.2) is 0 Å². The molecule has 0 aliphatic heterocycles. The van der Waals surface area contributed by atoms with Gasteiger partial charge in [-0.3, -0.25) is 9.52 Å². The van der Waals surface area contributed by atoms with E-state index in [-0.39, 0.29) is 22.5 Å². The number of hydrogen-bond donors (Lipinski definition) is 1. The molecule has 0 saturated heterocycles. The van der Waals surface area contributed by atoms with Gasteiger partial charge in [-0.1, -0.05) is 113 Å². The molecule has 0 spiro atoms.